The molecule has 0 unspecified atom stereocenters. The number of amides is 1. The lowest BCUT2D eigenvalue weighted by atomic mass is 10.1. The molecule has 2 N–H and O–H groups in total. The normalized spacial score (nSPS) is 11.8. The zero-order chi connectivity index (χ0) is 17.8. The predicted molar refractivity (Wildman–Crippen MR) is 90.4 cm³/mol. The van der Waals surface area contributed by atoms with E-state index in [0.29, 0.717) is 17.1 Å². The van der Waals surface area contributed by atoms with Gasteiger partial charge in [-0.05, 0) is 31.2 Å². The Morgan fingerprint density at radius 3 is 2.76 bits per heavy atom. The number of carbonyl (C=O) groups excluding carboxylic acids is 1. The van der Waals surface area contributed by atoms with Gasteiger partial charge in [0, 0.05) is 24.0 Å². The summed E-state index contributed by atoms with van der Waals surface area (Å²) in [7, 11) is 0. The van der Waals surface area contributed by atoms with Gasteiger partial charge in [-0.1, -0.05) is 12.1 Å². The van der Waals surface area contributed by atoms with Gasteiger partial charge in [0.25, 0.3) is 11.5 Å². The monoisotopic (exact) mass is 338 g/mol. The number of pyridine rings is 1. The number of carbonyl (C=O) groups is 1. The smallest absolute Gasteiger partial charge is 0.254 e. The van der Waals surface area contributed by atoms with Gasteiger partial charge >= 0.3 is 0 Å². The number of H-pyrrole nitrogens is 1. The molecule has 6 nitrogen and oxygen atoms in total. The second-order valence-electron chi connectivity index (χ2n) is 5.44. The molecule has 2 aromatic heterocycles. The lowest BCUT2D eigenvalue weighted by Gasteiger charge is -2.14. The van der Waals surface area contributed by atoms with Crippen LogP contribution in [0, 0.1) is 5.82 Å². The molecule has 7 heteroatoms. The molecule has 0 aliphatic carbocycles. The molecule has 0 saturated carbocycles. The molecule has 126 valence electrons. The van der Waals surface area contributed by atoms with Gasteiger partial charge in [-0.25, -0.2) is 9.37 Å². The summed E-state index contributed by atoms with van der Waals surface area (Å²) in [5, 5.41) is 2.65. The summed E-state index contributed by atoms with van der Waals surface area (Å²) in [6.07, 6.45) is 3.19. The molecule has 0 radical (unpaired) electrons. The molecule has 1 aromatic carbocycles. The number of nitrogens with one attached hydrogen (secondary N) is 2. The number of halogens is 1. The number of aromatic amines is 1. The van der Waals surface area contributed by atoms with E-state index >= 15 is 0 Å². The van der Waals surface area contributed by atoms with E-state index in [1.807, 2.05) is 0 Å². The molecule has 3 rings (SSSR count). The lowest BCUT2D eigenvalue weighted by Crippen LogP contribution is -2.29. The van der Waals surface area contributed by atoms with Crippen molar-refractivity contribution < 1.29 is 9.18 Å². The van der Waals surface area contributed by atoms with Crippen LogP contribution in [0.5, 0.6) is 0 Å². The van der Waals surface area contributed by atoms with Crippen LogP contribution in [0.2, 0.25) is 0 Å². The zero-order valence-electron chi connectivity index (χ0n) is 13.4. The molecule has 25 heavy (non-hydrogen) atoms. The van der Waals surface area contributed by atoms with Crippen molar-refractivity contribution in [2.24, 2.45) is 0 Å². The number of aromatic nitrogens is 3. The molecule has 0 bridgehead atoms. The van der Waals surface area contributed by atoms with Crippen molar-refractivity contribution in [2.45, 2.75) is 13.0 Å². The van der Waals surface area contributed by atoms with Crippen molar-refractivity contribution in [3.63, 3.8) is 0 Å². The second kappa shape index (κ2) is 7.04. The number of hydrogen-bond acceptors (Lipinski definition) is 4. The highest BCUT2D eigenvalue weighted by Crippen LogP contribution is 2.15. The van der Waals surface area contributed by atoms with Crippen LogP contribution in [0.3, 0.4) is 0 Å². The first-order chi connectivity index (χ1) is 12.0. The van der Waals surface area contributed by atoms with Gasteiger partial charge in [-0.15, -0.1) is 0 Å². The topological polar surface area (TPSA) is 87.7 Å². The predicted octanol–water partition coefficient (Wildman–Crippen LogP) is 2.46. The summed E-state index contributed by atoms with van der Waals surface area (Å²) < 4.78 is 13.7. The van der Waals surface area contributed by atoms with Crippen LogP contribution in [0.25, 0.3) is 11.4 Å². The molecule has 3 aromatic rings. The van der Waals surface area contributed by atoms with Crippen molar-refractivity contribution in [2.75, 3.05) is 0 Å². The summed E-state index contributed by atoms with van der Waals surface area (Å²) >= 11 is 0. The number of nitrogens with zero attached hydrogens (tertiary/aromatic N) is 2. The van der Waals surface area contributed by atoms with E-state index in [1.54, 1.807) is 37.5 Å². The minimum atomic E-state index is -0.609. The van der Waals surface area contributed by atoms with E-state index in [-0.39, 0.29) is 11.1 Å². The second-order valence-corrected chi connectivity index (χ2v) is 5.44. The fraction of sp³-hybridized carbons (Fsp3) is 0.111. The third-order valence-corrected chi connectivity index (χ3v) is 3.61. The summed E-state index contributed by atoms with van der Waals surface area (Å²) in [6.45, 7) is 1.67. The van der Waals surface area contributed by atoms with Gasteiger partial charge in [0.05, 0.1) is 17.3 Å². The van der Waals surface area contributed by atoms with Crippen LogP contribution in [0.4, 0.5) is 4.39 Å². The van der Waals surface area contributed by atoms with Crippen LogP contribution in [0.1, 0.15) is 29.0 Å². The van der Waals surface area contributed by atoms with Gasteiger partial charge in [-0.3, -0.25) is 14.6 Å². The van der Waals surface area contributed by atoms with E-state index in [4.69, 9.17) is 0 Å². The quantitative estimate of drug-likeness (QED) is 0.765. The summed E-state index contributed by atoms with van der Waals surface area (Å²) in [6, 6.07) is 9.90. The minimum absolute atomic E-state index is 0.0633. The van der Waals surface area contributed by atoms with Crippen LogP contribution >= 0.6 is 0 Å². The van der Waals surface area contributed by atoms with Crippen molar-refractivity contribution in [3.05, 3.63) is 82.3 Å². The summed E-state index contributed by atoms with van der Waals surface area (Å²) in [5.74, 6) is -0.833. The molecule has 2 heterocycles. The largest absolute Gasteiger partial charge is 0.344 e. The Balaban J connectivity index is 1.86. The van der Waals surface area contributed by atoms with Crippen LogP contribution in [-0.2, 0) is 0 Å². The maximum absolute atomic E-state index is 13.7. The standard InChI is InChI=1S/C18H15FN4O2/c1-11(21-18(25)13-6-2-3-7-14(13)19)15-9-16(24)23-17(22-15)12-5-4-8-20-10-12/h2-11H,1H3,(H,21,25)(H,22,23,24)/t11-/m0/s1. The third-order valence-electron chi connectivity index (χ3n) is 3.61. The average molecular weight is 338 g/mol. The van der Waals surface area contributed by atoms with Crippen LogP contribution in [0.15, 0.2) is 59.7 Å². The van der Waals surface area contributed by atoms with Crippen molar-refractivity contribution >= 4 is 5.91 Å². The van der Waals surface area contributed by atoms with Crippen molar-refractivity contribution in [3.8, 4) is 11.4 Å². The van der Waals surface area contributed by atoms with E-state index in [1.165, 1.54) is 24.3 Å². The fourth-order valence-corrected chi connectivity index (χ4v) is 2.33. The highest BCUT2D eigenvalue weighted by atomic mass is 19.1. The minimum Gasteiger partial charge on any atom is -0.344 e. The first-order valence-electron chi connectivity index (χ1n) is 7.61. The summed E-state index contributed by atoms with van der Waals surface area (Å²) in [4.78, 5) is 35.1. The Morgan fingerprint density at radius 1 is 1.24 bits per heavy atom. The average Bonchev–Trinajstić information content (AvgIpc) is 2.62. The Hall–Kier alpha value is -3.35. The zero-order valence-corrected chi connectivity index (χ0v) is 13.4. The molecule has 0 aliphatic heterocycles. The van der Waals surface area contributed by atoms with Gasteiger partial charge in [0.2, 0.25) is 0 Å². The number of rotatable bonds is 4. The number of hydrogen-bond donors (Lipinski definition) is 2. The Labute approximate surface area is 142 Å². The van der Waals surface area contributed by atoms with E-state index in [9.17, 15) is 14.0 Å². The van der Waals surface area contributed by atoms with Gasteiger partial charge < -0.3 is 10.3 Å². The number of benzene rings is 1. The third kappa shape index (κ3) is 3.77. The van der Waals surface area contributed by atoms with Crippen LogP contribution in [-0.4, -0.2) is 20.9 Å². The van der Waals surface area contributed by atoms with Gasteiger partial charge in [-0.2, -0.15) is 0 Å². The maximum Gasteiger partial charge on any atom is 0.254 e. The van der Waals surface area contributed by atoms with E-state index < -0.39 is 17.8 Å². The molecule has 0 fully saturated rings. The molecule has 0 saturated heterocycles. The fourth-order valence-electron chi connectivity index (χ4n) is 2.33. The first-order valence-corrected chi connectivity index (χ1v) is 7.61. The summed E-state index contributed by atoms with van der Waals surface area (Å²) in [5.41, 5.74) is 0.601. The van der Waals surface area contributed by atoms with E-state index in [2.05, 4.69) is 20.3 Å². The van der Waals surface area contributed by atoms with Crippen molar-refractivity contribution in [1.82, 2.24) is 20.3 Å². The van der Waals surface area contributed by atoms with E-state index in [0.717, 1.165) is 0 Å². The molecule has 1 atom stereocenters. The molecule has 0 aliphatic rings. The highest BCUT2D eigenvalue weighted by Gasteiger charge is 2.16. The SMILES string of the molecule is C[C@H](NC(=O)c1ccccc1F)c1cc(=O)[nH]c(-c2cccnc2)n1. The Kier molecular flexibility index (Phi) is 4.65. The lowest BCUT2D eigenvalue weighted by molar-refractivity contribution is 0.0935. The van der Waals surface area contributed by atoms with Crippen LogP contribution < -0.4 is 10.9 Å². The molecule has 1 amide bonds. The molecular weight excluding hydrogens is 323 g/mol. The van der Waals surface area contributed by atoms with Crippen molar-refractivity contribution in [1.29, 1.82) is 0 Å². The highest BCUT2D eigenvalue weighted by molar-refractivity contribution is 5.94. The first kappa shape index (κ1) is 16.5. The van der Waals surface area contributed by atoms with Gasteiger partial charge in [0.1, 0.15) is 11.6 Å². The molecular formula is C18H15FN4O2. The Morgan fingerprint density at radius 2 is 2.04 bits per heavy atom. The maximum atomic E-state index is 13.7. The Bertz CT molecular complexity index is 957. The van der Waals surface area contributed by atoms with Gasteiger partial charge in [0.15, 0.2) is 0 Å². The molecule has 0 spiro atoms.